The molecule has 3 atom stereocenters. The fourth-order valence-corrected chi connectivity index (χ4v) is 3.39. The van der Waals surface area contributed by atoms with Crippen LogP contribution in [-0.2, 0) is 14.3 Å². The van der Waals surface area contributed by atoms with Gasteiger partial charge in [0.05, 0.1) is 0 Å². The zero-order valence-corrected chi connectivity index (χ0v) is 19.4. The van der Waals surface area contributed by atoms with Crippen molar-refractivity contribution in [3.63, 3.8) is 0 Å². The van der Waals surface area contributed by atoms with Crippen LogP contribution in [0.5, 0.6) is 0 Å². The molecule has 28 heavy (non-hydrogen) atoms. The second kappa shape index (κ2) is 11.8. The van der Waals surface area contributed by atoms with E-state index in [0.29, 0.717) is 17.6 Å². The lowest BCUT2D eigenvalue weighted by Crippen LogP contribution is -2.21. The molecule has 0 aromatic heterocycles. The minimum Gasteiger partial charge on any atom is -0.460 e. The van der Waals surface area contributed by atoms with Gasteiger partial charge in [-0.15, -0.1) is 0 Å². The maximum absolute atomic E-state index is 12.5. The SMILES string of the molecule is C=C1CC(/C(=C/C)C(=O)C(C)CC)C(C)/C1=C/C=C\C.CC(=O)OC(C)(C)C. The molecule has 0 bridgehead atoms. The lowest BCUT2D eigenvalue weighted by Gasteiger charge is -2.21. The van der Waals surface area contributed by atoms with Crippen LogP contribution in [0.1, 0.15) is 75.2 Å². The molecular formula is C25H40O3. The molecular weight excluding hydrogens is 348 g/mol. The van der Waals surface area contributed by atoms with E-state index in [1.165, 1.54) is 18.1 Å². The van der Waals surface area contributed by atoms with Crippen molar-refractivity contribution in [2.45, 2.75) is 80.8 Å². The van der Waals surface area contributed by atoms with Gasteiger partial charge in [0.15, 0.2) is 5.78 Å². The monoisotopic (exact) mass is 388 g/mol. The maximum Gasteiger partial charge on any atom is 0.303 e. The van der Waals surface area contributed by atoms with Gasteiger partial charge in [-0.2, -0.15) is 0 Å². The molecule has 3 nitrogen and oxygen atoms in total. The molecule has 1 saturated carbocycles. The van der Waals surface area contributed by atoms with Gasteiger partial charge in [0, 0.05) is 12.8 Å². The van der Waals surface area contributed by atoms with Crippen molar-refractivity contribution < 1.29 is 14.3 Å². The summed E-state index contributed by atoms with van der Waals surface area (Å²) < 4.78 is 4.80. The summed E-state index contributed by atoms with van der Waals surface area (Å²) in [5.41, 5.74) is 3.14. The number of carbonyl (C=O) groups excluding carboxylic acids is 2. The van der Waals surface area contributed by atoms with Crippen LogP contribution in [0.3, 0.4) is 0 Å². The van der Waals surface area contributed by atoms with Crippen LogP contribution >= 0.6 is 0 Å². The lowest BCUT2D eigenvalue weighted by atomic mass is 9.82. The van der Waals surface area contributed by atoms with E-state index in [2.05, 4.69) is 32.6 Å². The van der Waals surface area contributed by atoms with E-state index in [1.807, 2.05) is 53.7 Å². The molecule has 1 rings (SSSR count). The van der Waals surface area contributed by atoms with Crippen LogP contribution in [0.4, 0.5) is 0 Å². The molecule has 0 N–H and O–H groups in total. The van der Waals surface area contributed by atoms with Crippen molar-refractivity contribution in [3.05, 3.63) is 47.6 Å². The number of hydrogen-bond donors (Lipinski definition) is 0. The summed E-state index contributed by atoms with van der Waals surface area (Å²) in [5, 5.41) is 0. The summed E-state index contributed by atoms with van der Waals surface area (Å²) in [6.45, 7) is 21.4. The van der Waals surface area contributed by atoms with Crippen molar-refractivity contribution in [1.29, 1.82) is 0 Å². The Labute approximate surface area is 172 Å². The summed E-state index contributed by atoms with van der Waals surface area (Å²) in [7, 11) is 0. The number of ketones is 1. The first-order chi connectivity index (χ1) is 12.9. The quantitative estimate of drug-likeness (QED) is 0.393. The molecule has 0 aromatic rings. The number of hydrogen-bond acceptors (Lipinski definition) is 3. The van der Waals surface area contributed by atoms with E-state index in [0.717, 1.165) is 18.4 Å². The molecule has 1 aliphatic rings. The topological polar surface area (TPSA) is 43.4 Å². The van der Waals surface area contributed by atoms with Crippen molar-refractivity contribution in [2.75, 3.05) is 0 Å². The van der Waals surface area contributed by atoms with Gasteiger partial charge < -0.3 is 4.74 Å². The average molecular weight is 389 g/mol. The highest BCUT2D eigenvalue weighted by molar-refractivity contribution is 5.97. The summed E-state index contributed by atoms with van der Waals surface area (Å²) in [4.78, 5) is 22.8. The number of allylic oxidation sites excluding steroid dienone is 7. The van der Waals surface area contributed by atoms with Crippen molar-refractivity contribution >= 4 is 11.8 Å². The van der Waals surface area contributed by atoms with Crippen LogP contribution in [0, 0.1) is 17.8 Å². The molecule has 0 aromatic carbocycles. The number of esters is 1. The highest BCUT2D eigenvalue weighted by Gasteiger charge is 2.35. The third-order valence-electron chi connectivity index (χ3n) is 4.94. The molecule has 3 heteroatoms. The van der Waals surface area contributed by atoms with Gasteiger partial charge in [0.1, 0.15) is 5.60 Å². The van der Waals surface area contributed by atoms with E-state index in [4.69, 9.17) is 4.74 Å². The molecule has 1 fully saturated rings. The fraction of sp³-hybridized carbons (Fsp3) is 0.600. The van der Waals surface area contributed by atoms with Gasteiger partial charge in [-0.3, -0.25) is 9.59 Å². The number of Topliss-reactive ketones (excluding diaryl/α,β-unsaturated/α-hetero) is 1. The molecule has 0 heterocycles. The Morgan fingerprint density at radius 2 is 1.86 bits per heavy atom. The fourth-order valence-electron chi connectivity index (χ4n) is 3.39. The van der Waals surface area contributed by atoms with Gasteiger partial charge in [-0.05, 0) is 70.4 Å². The normalized spacial score (nSPS) is 22.8. The zero-order chi connectivity index (χ0) is 22.1. The smallest absolute Gasteiger partial charge is 0.303 e. The van der Waals surface area contributed by atoms with Gasteiger partial charge in [-0.25, -0.2) is 0 Å². The third kappa shape index (κ3) is 8.41. The van der Waals surface area contributed by atoms with E-state index in [-0.39, 0.29) is 17.5 Å². The molecule has 0 saturated heterocycles. The lowest BCUT2D eigenvalue weighted by molar-refractivity contribution is -0.151. The largest absolute Gasteiger partial charge is 0.460 e. The highest BCUT2D eigenvalue weighted by atomic mass is 16.6. The van der Waals surface area contributed by atoms with Crippen molar-refractivity contribution in [3.8, 4) is 0 Å². The predicted molar refractivity (Wildman–Crippen MR) is 119 cm³/mol. The second-order valence-electron chi connectivity index (χ2n) is 8.47. The van der Waals surface area contributed by atoms with Gasteiger partial charge in [-0.1, -0.05) is 57.2 Å². The number of ether oxygens (including phenoxy) is 1. The minimum absolute atomic E-state index is 0.116. The summed E-state index contributed by atoms with van der Waals surface area (Å²) >= 11 is 0. The standard InChI is InChI=1S/C19H28O.C6H12O2/c1-7-10-11-17-14(5)12-18(15(17)6)16(9-3)19(20)13(4)8-2;1-5(7)8-6(2,3)4/h7,9-11,13,15,18H,5,8,12H2,1-4,6H3;1-4H3/b10-7-,16-9-,17-11+;. The predicted octanol–water partition coefficient (Wildman–Crippen LogP) is 6.61. The Hall–Kier alpha value is -1.90. The Kier molecular flexibility index (Phi) is 11.0. The average Bonchev–Trinajstić information content (AvgIpc) is 2.85. The van der Waals surface area contributed by atoms with E-state index in [9.17, 15) is 9.59 Å². The van der Waals surface area contributed by atoms with E-state index >= 15 is 0 Å². The molecule has 0 spiro atoms. The molecule has 0 radical (unpaired) electrons. The molecule has 3 unspecified atom stereocenters. The van der Waals surface area contributed by atoms with Gasteiger partial charge in [0.25, 0.3) is 0 Å². The van der Waals surface area contributed by atoms with E-state index in [1.54, 1.807) is 0 Å². The maximum atomic E-state index is 12.5. The first kappa shape index (κ1) is 26.1. The first-order valence-electron chi connectivity index (χ1n) is 10.3. The summed E-state index contributed by atoms with van der Waals surface area (Å²) in [5.74, 6) is 0.873. The third-order valence-corrected chi connectivity index (χ3v) is 4.94. The first-order valence-corrected chi connectivity index (χ1v) is 10.3. The second-order valence-corrected chi connectivity index (χ2v) is 8.47. The number of rotatable bonds is 5. The Morgan fingerprint density at radius 3 is 2.21 bits per heavy atom. The van der Waals surface area contributed by atoms with Crippen LogP contribution < -0.4 is 0 Å². The Bertz CT molecular complexity index is 641. The highest BCUT2D eigenvalue weighted by Crippen LogP contribution is 2.44. The van der Waals surface area contributed by atoms with Crippen molar-refractivity contribution in [1.82, 2.24) is 0 Å². The minimum atomic E-state index is -0.328. The molecule has 0 aliphatic heterocycles. The van der Waals surface area contributed by atoms with Crippen LogP contribution in [0.15, 0.2) is 47.6 Å². The number of carbonyl (C=O) groups is 2. The van der Waals surface area contributed by atoms with Crippen LogP contribution in [-0.4, -0.2) is 17.4 Å². The van der Waals surface area contributed by atoms with Crippen LogP contribution in [0.2, 0.25) is 0 Å². The van der Waals surface area contributed by atoms with Gasteiger partial charge in [0.2, 0.25) is 0 Å². The molecule has 158 valence electrons. The Balaban J connectivity index is 0.000000769. The summed E-state index contributed by atoms with van der Waals surface area (Å²) in [6, 6.07) is 0. The Morgan fingerprint density at radius 1 is 1.29 bits per heavy atom. The van der Waals surface area contributed by atoms with Crippen LogP contribution in [0.25, 0.3) is 0 Å². The van der Waals surface area contributed by atoms with Crippen molar-refractivity contribution in [2.24, 2.45) is 17.8 Å². The summed E-state index contributed by atoms with van der Waals surface area (Å²) in [6.07, 6.45) is 10.1. The van der Waals surface area contributed by atoms with Gasteiger partial charge >= 0.3 is 5.97 Å². The zero-order valence-electron chi connectivity index (χ0n) is 19.4. The van der Waals surface area contributed by atoms with E-state index < -0.39 is 0 Å². The molecule has 1 aliphatic carbocycles. The molecule has 0 amide bonds.